The van der Waals surface area contributed by atoms with Crippen molar-refractivity contribution in [1.82, 2.24) is 0 Å². The van der Waals surface area contributed by atoms with E-state index in [9.17, 15) is 0 Å². The van der Waals surface area contributed by atoms with E-state index < -0.39 is 0 Å². The molecular weight excluding hydrogens is 278 g/mol. The van der Waals surface area contributed by atoms with Gasteiger partial charge in [0, 0.05) is 22.8 Å². The molecular formula is C15H16ClNOS. The molecule has 2 rings (SSSR count). The number of hydrogen-bond donors (Lipinski definition) is 1. The van der Waals surface area contributed by atoms with Gasteiger partial charge in [-0.1, -0.05) is 41.9 Å². The molecule has 2 aromatic rings. The topological polar surface area (TPSA) is 35.2 Å². The first-order chi connectivity index (χ1) is 9.31. The summed E-state index contributed by atoms with van der Waals surface area (Å²) in [5.74, 6) is 1.58. The lowest BCUT2D eigenvalue weighted by atomic mass is 10.2. The highest BCUT2D eigenvalue weighted by Crippen LogP contribution is 2.28. The normalized spacial score (nSPS) is 10.4. The number of ether oxygens (including phenoxy) is 1. The van der Waals surface area contributed by atoms with Crippen molar-refractivity contribution in [1.29, 1.82) is 0 Å². The Kier molecular flexibility index (Phi) is 5.58. The second-order valence-corrected chi connectivity index (χ2v) is 5.52. The van der Waals surface area contributed by atoms with Gasteiger partial charge in [0.2, 0.25) is 0 Å². The van der Waals surface area contributed by atoms with Crippen LogP contribution < -0.4 is 10.5 Å². The number of benzene rings is 2. The fraction of sp³-hybridized carbons (Fsp3) is 0.200. The van der Waals surface area contributed by atoms with Crippen molar-refractivity contribution in [2.75, 3.05) is 12.4 Å². The highest BCUT2D eigenvalue weighted by atomic mass is 35.5. The second-order valence-electron chi connectivity index (χ2n) is 3.94. The van der Waals surface area contributed by atoms with Gasteiger partial charge in [0.05, 0.1) is 11.6 Å². The molecule has 0 unspecified atom stereocenters. The molecule has 0 spiro atoms. The van der Waals surface area contributed by atoms with Gasteiger partial charge in [-0.05, 0) is 18.2 Å². The molecule has 2 aromatic carbocycles. The minimum Gasteiger partial charge on any atom is -0.491 e. The smallest absolute Gasteiger partial charge is 0.142 e. The summed E-state index contributed by atoms with van der Waals surface area (Å²) in [6.45, 7) is 1.04. The van der Waals surface area contributed by atoms with Crippen LogP contribution in [0.5, 0.6) is 5.75 Å². The molecule has 0 aromatic heterocycles. The first-order valence-electron chi connectivity index (χ1n) is 6.09. The van der Waals surface area contributed by atoms with E-state index in [2.05, 4.69) is 12.1 Å². The van der Waals surface area contributed by atoms with Crippen LogP contribution in [0.1, 0.15) is 5.56 Å². The second kappa shape index (κ2) is 7.43. The van der Waals surface area contributed by atoms with Gasteiger partial charge in [-0.25, -0.2) is 0 Å². The van der Waals surface area contributed by atoms with Crippen LogP contribution in [0.4, 0.5) is 0 Å². The van der Waals surface area contributed by atoms with Crippen molar-refractivity contribution < 1.29 is 4.74 Å². The molecule has 0 heterocycles. The van der Waals surface area contributed by atoms with Crippen LogP contribution in [0.25, 0.3) is 0 Å². The molecule has 0 saturated heterocycles. The number of thioether (sulfide) groups is 1. The molecule has 2 nitrogen and oxygen atoms in total. The van der Waals surface area contributed by atoms with Crippen LogP contribution in [0.3, 0.4) is 0 Å². The Morgan fingerprint density at radius 2 is 1.84 bits per heavy atom. The van der Waals surface area contributed by atoms with Gasteiger partial charge in [0.1, 0.15) is 5.75 Å². The molecule has 0 radical (unpaired) electrons. The molecule has 0 amide bonds. The number of rotatable bonds is 6. The zero-order valence-corrected chi connectivity index (χ0v) is 12.1. The van der Waals surface area contributed by atoms with Crippen LogP contribution in [0, 0.1) is 0 Å². The number of hydrogen-bond acceptors (Lipinski definition) is 3. The third kappa shape index (κ3) is 4.16. The molecule has 2 N–H and O–H groups in total. The monoisotopic (exact) mass is 293 g/mol. The van der Waals surface area contributed by atoms with Gasteiger partial charge >= 0.3 is 0 Å². The van der Waals surface area contributed by atoms with Crippen molar-refractivity contribution in [3.63, 3.8) is 0 Å². The van der Waals surface area contributed by atoms with E-state index in [0.29, 0.717) is 23.9 Å². The zero-order chi connectivity index (χ0) is 13.5. The minimum absolute atomic E-state index is 0.432. The summed E-state index contributed by atoms with van der Waals surface area (Å²) in [5, 5.41) is 0.618. The van der Waals surface area contributed by atoms with E-state index in [0.717, 1.165) is 11.3 Å². The van der Waals surface area contributed by atoms with E-state index >= 15 is 0 Å². The molecule has 0 bridgehead atoms. The molecule has 0 saturated carbocycles. The number of halogens is 1. The molecule has 4 heteroatoms. The van der Waals surface area contributed by atoms with E-state index in [-0.39, 0.29) is 0 Å². The first-order valence-corrected chi connectivity index (χ1v) is 7.45. The van der Waals surface area contributed by atoms with Crippen molar-refractivity contribution in [3.05, 3.63) is 59.1 Å². The maximum Gasteiger partial charge on any atom is 0.142 e. The van der Waals surface area contributed by atoms with Crippen molar-refractivity contribution >= 4 is 23.4 Å². The summed E-state index contributed by atoms with van der Waals surface area (Å²) < 4.78 is 5.75. The Bertz CT molecular complexity index is 519. The first kappa shape index (κ1) is 14.3. The van der Waals surface area contributed by atoms with Crippen LogP contribution in [0.2, 0.25) is 5.02 Å². The van der Waals surface area contributed by atoms with Crippen LogP contribution in [-0.2, 0) is 6.54 Å². The molecule has 0 aliphatic carbocycles. The number of para-hydroxylation sites is 1. The lowest BCUT2D eigenvalue weighted by Gasteiger charge is -2.11. The van der Waals surface area contributed by atoms with Gasteiger partial charge < -0.3 is 10.5 Å². The molecule has 0 fully saturated rings. The zero-order valence-electron chi connectivity index (χ0n) is 10.5. The molecule has 0 atom stereocenters. The van der Waals surface area contributed by atoms with Gasteiger partial charge in [-0.2, -0.15) is 0 Å². The average molecular weight is 294 g/mol. The molecule has 100 valence electrons. The summed E-state index contributed by atoms with van der Waals surface area (Å²) >= 11 is 7.88. The van der Waals surface area contributed by atoms with Crippen molar-refractivity contribution in [2.24, 2.45) is 5.73 Å². The summed E-state index contributed by atoms with van der Waals surface area (Å²) in [6, 6.07) is 15.9. The van der Waals surface area contributed by atoms with Crippen LogP contribution >= 0.6 is 23.4 Å². The molecule has 0 aliphatic heterocycles. The lowest BCUT2D eigenvalue weighted by Crippen LogP contribution is -2.05. The van der Waals surface area contributed by atoms with Crippen molar-refractivity contribution in [2.45, 2.75) is 11.4 Å². The Hall–Kier alpha value is -1.16. The van der Waals surface area contributed by atoms with Gasteiger partial charge in [0.15, 0.2) is 0 Å². The fourth-order valence-corrected chi connectivity index (χ4v) is 2.70. The van der Waals surface area contributed by atoms with E-state index in [1.165, 1.54) is 4.90 Å². The largest absolute Gasteiger partial charge is 0.491 e. The average Bonchev–Trinajstić information content (AvgIpc) is 2.46. The van der Waals surface area contributed by atoms with E-state index in [1.54, 1.807) is 11.8 Å². The third-order valence-electron chi connectivity index (χ3n) is 2.61. The van der Waals surface area contributed by atoms with Crippen LogP contribution in [0.15, 0.2) is 53.4 Å². The summed E-state index contributed by atoms with van der Waals surface area (Å²) in [6.07, 6.45) is 0. The number of nitrogens with two attached hydrogens (primary N) is 1. The maximum absolute atomic E-state index is 6.12. The van der Waals surface area contributed by atoms with Crippen LogP contribution in [-0.4, -0.2) is 12.4 Å². The SMILES string of the molecule is NCc1cccc(Cl)c1OCCSc1ccccc1. The van der Waals surface area contributed by atoms with Gasteiger partial charge in [-0.3, -0.25) is 0 Å². The predicted molar refractivity (Wildman–Crippen MR) is 82.0 cm³/mol. The predicted octanol–water partition coefficient (Wildman–Crippen LogP) is 3.97. The molecule has 19 heavy (non-hydrogen) atoms. The Morgan fingerprint density at radius 3 is 2.58 bits per heavy atom. The highest BCUT2D eigenvalue weighted by Gasteiger charge is 2.06. The van der Waals surface area contributed by atoms with Gasteiger partial charge in [0.25, 0.3) is 0 Å². The standard InChI is InChI=1S/C15H16ClNOS/c16-14-8-4-5-12(11-17)15(14)18-9-10-19-13-6-2-1-3-7-13/h1-8H,9-11,17H2. The summed E-state index contributed by atoms with van der Waals surface area (Å²) in [5.41, 5.74) is 6.61. The Morgan fingerprint density at radius 1 is 1.05 bits per heavy atom. The van der Waals surface area contributed by atoms with E-state index in [4.69, 9.17) is 22.1 Å². The molecule has 0 aliphatic rings. The quantitative estimate of drug-likeness (QED) is 0.646. The lowest BCUT2D eigenvalue weighted by molar-refractivity contribution is 0.340. The summed E-state index contributed by atoms with van der Waals surface area (Å²) in [4.78, 5) is 1.24. The van der Waals surface area contributed by atoms with Crippen molar-refractivity contribution in [3.8, 4) is 5.75 Å². The van der Waals surface area contributed by atoms with Gasteiger partial charge in [-0.15, -0.1) is 11.8 Å². The fourth-order valence-electron chi connectivity index (χ4n) is 1.70. The summed E-state index contributed by atoms with van der Waals surface area (Å²) in [7, 11) is 0. The van der Waals surface area contributed by atoms with E-state index in [1.807, 2.05) is 36.4 Å². The Balaban J connectivity index is 1.86. The minimum atomic E-state index is 0.432. The maximum atomic E-state index is 6.12. The third-order valence-corrected chi connectivity index (χ3v) is 3.88. The Labute approximate surface area is 122 Å². The highest BCUT2D eigenvalue weighted by molar-refractivity contribution is 7.99.